The number of aromatic amines is 2. The second-order valence-electron chi connectivity index (χ2n) is 20.7. The van der Waals surface area contributed by atoms with Crippen molar-refractivity contribution in [2.45, 2.75) is 126 Å². The highest BCUT2D eigenvalue weighted by molar-refractivity contribution is 6.33. The van der Waals surface area contributed by atoms with Crippen LogP contribution in [0.3, 0.4) is 0 Å². The number of aryl methyl sites for hydroxylation is 8. The van der Waals surface area contributed by atoms with Crippen LogP contribution in [0.15, 0.2) is 127 Å². The van der Waals surface area contributed by atoms with Crippen LogP contribution in [0.2, 0.25) is 0 Å². The van der Waals surface area contributed by atoms with Gasteiger partial charge >= 0.3 is 31.4 Å². The second kappa shape index (κ2) is 35.0. The van der Waals surface area contributed by atoms with Crippen LogP contribution in [0.25, 0.3) is 21.8 Å². The molecule has 0 amide bonds. The summed E-state index contributed by atoms with van der Waals surface area (Å²) in [6.45, 7) is 19.5. The Morgan fingerprint density at radius 2 is 1.34 bits per heavy atom. The van der Waals surface area contributed by atoms with Crippen LogP contribution in [0.4, 0.5) is 12.9 Å². The molecule has 472 valence electrons. The number of nitrogens with one attached hydrogen (secondary N) is 4. The summed E-state index contributed by atoms with van der Waals surface area (Å²) in [6.07, 6.45) is 13.1. The van der Waals surface area contributed by atoms with Gasteiger partial charge in [0, 0.05) is 58.3 Å². The van der Waals surface area contributed by atoms with Gasteiger partial charge in [-0.15, -0.1) is 12.4 Å². The van der Waals surface area contributed by atoms with Crippen molar-refractivity contribution in [1.29, 1.82) is 5.41 Å². The van der Waals surface area contributed by atoms with Crippen molar-refractivity contribution in [3.63, 3.8) is 0 Å². The molecule has 0 bridgehead atoms. The predicted molar refractivity (Wildman–Crippen MR) is 331 cm³/mol. The van der Waals surface area contributed by atoms with E-state index in [1.54, 1.807) is 13.8 Å². The molecule has 6 heterocycles. The molecule has 3 aliphatic heterocycles. The highest BCUT2D eigenvalue weighted by atomic mass is 35.5. The monoisotopic (exact) mass is 1240 g/mol. The van der Waals surface area contributed by atoms with Gasteiger partial charge in [0.15, 0.2) is 6.29 Å². The Morgan fingerprint density at radius 1 is 0.807 bits per heavy atom. The van der Waals surface area contributed by atoms with Crippen LogP contribution in [0, 0.1) is 47.0 Å². The highest BCUT2D eigenvalue weighted by Crippen LogP contribution is 2.46. The number of rotatable bonds is 12. The van der Waals surface area contributed by atoms with Gasteiger partial charge in [-0.25, -0.2) is 18.7 Å². The lowest BCUT2D eigenvalue weighted by Crippen LogP contribution is -3.00. The fraction of sp³-hybridized carbons (Fsp3) is 0.344. The summed E-state index contributed by atoms with van der Waals surface area (Å²) in [6, 6.07) is 23.5. The topological polar surface area (TPSA) is 268 Å². The number of halogens is 5. The van der Waals surface area contributed by atoms with Crippen LogP contribution in [0.5, 0.6) is 0 Å². The third kappa shape index (κ3) is 20.3. The summed E-state index contributed by atoms with van der Waals surface area (Å²) in [7, 11) is -1.62. The molecule has 1 fully saturated rings. The molecule has 0 spiro atoms. The molecule has 1 saturated heterocycles. The zero-order valence-corrected chi connectivity index (χ0v) is 51.9. The number of H-pyrrole nitrogens is 2. The number of nitrogens with two attached hydrogens (primary N) is 2. The van der Waals surface area contributed by atoms with Crippen molar-refractivity contribution in [2.24, 2.45) is 18.5 Å². The van der Waals surface area contributed by atoms with Gasteiger partial charge in [0.05, 0.1) is 43.9 Å². The molecule has 88 heavy (non-hydrogen) atoms. The number of imidazole rings is 1. The summed E-state index contributed by atoms with van der Waals surface area (Å²) in [5.41, 5.74) is 24.7. The number of dihydropyridines is 1. The largest absolute Gasteiger partial charge is 1.00 e. The third-order valence-corrected chi connectivity index (χ3v) is 13.9. The van der Waals surface area contributed by atoms with Crippen molar-refractivity contribution in [1.82, 2.24) is 19.9 Å². The van der Waals surface area contributed by atoms with E-state index in [1.807, 2.05) is 103 Å². The molecule has 7 aromatic rings. The first kappa shape index (κ1) is 73.3. The Bertz CT molecular complexity index is 3570. The van der Waals surface area contributed by atoms with E-state index in [9.17, 15) is 41.7 Å². The van der Waals surface area contributed by atoms with Gasteiger partial charge in [-0.3, -0.25) is 37.5 Å². The van der Waals surface area contributed by atoms with Gasteiger partial charge in [-0.05, 0) is 125 Å². The van der Waals surface area contributed by atoms with E-state index >= 15 is 0 Å². The number of carbonyl (C=O) groups excluding carboxylic acids is 6. The van der Waals surface area contributed by atoms with E-state index in [-0.39, 0.29) is 59.6 Å². The second-order valence-corrected chi connectivity index (χ2v) is 20.7. The Kier molecular flexibility index (Phi) is 29.1. The molecule has 4 aromatic carbocycles. The summed E-state index contributed by atoms with van der Waals surface area (Å²) < 4.78 is 54.5. The van der Waals surface area contributed by atoms with Crippen molar-refractivity contribution in [3.8, 4) is 0 Å². The van der Waals surface area contributed by atoms with E-state index in [1.165, 1.54) is 18.4 Å². The number of Topliss-reactive ketones (excluding diaryl/α,β-unsaturated/α-hetero) is 1. The lowest BCUT2D eigenvalue weighted by atomic mass is 9.77. The smallest absolute Gasteiger partial charge is 0.762 e. The SMILES string of the molecule is CCCCn1cc[n+](C)c1.CCOC(=O)C1=C(N)NC2=C(C(=O)OC(c3c(C)cc(C)cc3C)C2)C1c1cccc2[nH]ccc12.CCOC(=O)CC(=N)N.Cc1cc(C)c(C2CC(=O)CC(=O)O2)c(C)c1.Cl.FB(F)F.O=Cc1cccc2[nH]ccc12.[F-]. The summed E-state index contributed by atoms with van der Waals surface area (Å²) in [4.78, 5) is 76.6. The number of hydrogen-bond acceptors (Lipinski definition) is 13. The minimum Gasteiger partial charge on any atom is -1.00 e. The lowest BCUT2D eigenvalue weighted by Gasteiger charge is -2.37. The van der Waals surface area contributed by atoms with Crippen molar-refractivity contribution >= 4 is 83.5 Å². The first-order valence-electron chi connectivity index (χ1n) is 28.1. The minimum absolute atomic E-state index is 0. The van der Waals surface area contributed by atoms with Crippen molar-refractivity contribution in [2.75, 3.05) is 13.2 Å². The number of aldehydes is 1. The van der Waals surface area contributed by atoms with Gasteiger partial charge < -0.3 is 50.4 Å². The number of benzene rings is 4. The van der Waals surface area contributed by atoms with Gasteiger partial charge in [0.25, 0.3) is 0 Å². The van der Waals surface area contributed by atoms with Gasteiger partial charge in [-0.1, -0.05) is 73.0 Å². The molecule has 3 aromatic heterocycles. The number of cyclic esters (lactones) is 2. The normalized spacial score (nSPS) is 15.5. The average molecular weight is 1240 g/mol. The maximum atomic E-state index is 13.6. The Hall–Kier alpha value is -8.99. The Balaban J connectivity index is 0.000000317. The standard InChI is InChI=1S/C28H29N3O4.C14H16O3.C9H7NO.C8H15N2.C5H10N2O2.BF3.ClH.FH/c1-5-34-27(32)25-23(18-7-6-8-19-17(18)9-10-30-19)24-20(31-26(25)29)13-21(35-28(24)33)22-15(3)11-14(2)12-16(22)4;1-8-4-9(2)14(10(3)5-8)12-6-11(15)7-13(16)17-12;11-6-7-2-1-3-9-8(7)4-5-10-9;1-3-4-5-10-7-6-9(2)8-10;1-2-9-5(8)3-4(6)7;2-1(3)4;;/h6-12,21,23,30-31H,5,13,29H2,1-4H3;4-5,12H,6-7H2,1-3H3;1-6,10H;6-8H,3-5H2,1-2H3;2-3H2,1H3,(H3,6,7);;2*1H/q;;;+1;;;;/p-1. The maximum Gasteiger partial charge on any atom is 0.762 e. The van der Waals surface area contributed by atoms with E-state index in [0.29, 0.717) is 30.7 Å². The van der Waals surface area contributed by atoms with E-state index in [0.717, 1.165) is 84.7 Å². The van der Waals surface area contributed by atoms with Gasteiger partial charge in [-0.2, -0.15) is 0 Å². The summed E-state index contributed by atoms with van der Waals surface area (Å²) in [5.74, 6) is -2.57. The van der Waals surface area contributed by atoms with Crippen LogP contribution < -0.4 is 26.1 Å². The molecule has 3 atom stereocenters. The molecule has 3 unspecified atom stereocenters. The van der Waals surface area contributed by atoms with Crippen molar-refractivity contribution < 1.29 is 69.9 Å². The number of carbonyl (C=O) groups is 6. The van der Waals surface area contributed by atoms with Crippen LogP contribution in [-0.4, -0.2) is 77.1 Å². The molecule has 18 nitrogen and oxygen atoms in total. The number of ether oxygens (including phenoxy) is 4. The van der Waals surface area contributed by atoms with E-state index in [4.69, 9.17) is 31.1 Å². The molecule has 3 aliphatic rings. The van der Waals surface area contributed by atoms with Gasteiger partial charge in [0.1, 0.15) is 54.9 Å². The molecule has 0 aliphatic carbocycles. The summed E-state index contributed by atoms with van der Waals surface area (Å²) in [5, 5.41) is 11.7. The molecule has 24 heteroatoms. The molecule has 8 N–H and O–H groups in total. The molecule has 10 rings (SSSR count). The number of esters is 4. The van der Waals surface area contributed by atoms with Crippen LogP contribution >= 0.6 is 12.4 Å². The number of aromatic nitrogens is 4. The molecular weight excluding hydrogens is 1160 g/mol. The quantitative estimate of drug-likeness (QED) is 0.00775. The predicted octanol–water partition coefficient (Wildman–Crippen LogP) is 8.29. The average Bonchev–Trinajstić information content (AvgIpc) is 1.39. The fourth-order valence-electron chi connectivity index (χ4n) is 10.7. The minimum atomic E-state index is -3.67. The first-order chi connectivity index (χ1) is 40.9. The van der Waals surface area contributed by atoms with E-state index < -0.39 is 49.5 Å². The number of amidine groups is 1. The zero-order valence-electron chi connectivity index (χ0n) is 51.1. The highest BCUT2D eigenvalue weighted by Gasteiger charge is 2.44. The molecular formula is C64H78BClF4N8O10. The number of nitrogens with zero attached hydrogens (tertiary/aromatic N) is 2. The number of hydrogen-bond donors (Lipinski definition) is 6. The number of fused-ring (bicyclic) bond motifs is 2. The lowest BCUT2D eigenvalue weighted by molar-refractivity contribution is -0.671. The zero-order chi connectivity index (χ0) is 63.4. The van der Waals surface area contributed by atoms with Crippen molar-refractivity contribution in [3.05, 3.63) is 182 Å². The van der Waals surface area contributed by atoms with Gasteiger partial charge in [0.2, 0.25) is 6.33 Å². The van der Waals surface area contributed by atoms with E-state index in [2.05, 4.69) is 86.0 Å². The Labute approximate surface area is 516 Å². The summed E-state index contributed by atoms with van der Waals surface area (Å²) >= 11 is 0. The number of unbranched alkanes of at least 4 members (excludes halogenated alkanes) is 1. The first-order valence-corrected chi connectivity index (χ1v) is 28.1. The van der Waals surface area contributed by atoms with Crippen LogP contribution in [0.1, 0.15) is 138 Å². The maximum absolute atomic E-state index is 13.6. The fourth-order valence-corrected chi connectivity index (χ4v) is 10.7. The molecule has 0 saturated carbocycles. The van der Waals surface area contributed by atoms with Crippen LogP contribution in [-0.2, 0) is 56.5 Å². The Morgan fingerprint density at radius 3 is 1.84 bits per heavy atom. The third-order valence-electron chi connectivity index (χ3n) is 13.9. The molecule has 0 radical (unpaired) electrons. The number of ketones is 1.